The summed E-state index contributed by atoms with van der Waals surface area (Å²) in [6.07, 6.45) is 0. The first-order chi connectivity index (χ1) is 9.06. The van der Waals surface area contributed by atoms with Gasteiger partial charge in [-0.2, -0.15) is 0 Å². The van der Waals surface area contributed by atoms with Crippen LogP contribution < -0.4 is 5.73 Å². The molecule has 2 aromatic rings. The van der Waals surface area contributed by atoms with Gasteiger partial charge in [0, 0.05) is 21.7 Å². The van der Waals surface area contributed by atoms with Gasteiger partial charge in [-0.15, -0.1) is 11.8 Å². The molecule has 2 aromatic carbocycles. The zero-order chi connectivity index (χ0) is 13.8. The summed E-state index contributed by atoms with van der Waals surface area (Å²) in [7, 11) is 0. The molecule has 0 aromatic heterocycles. The van der Waals surface area contributed by atoms with Gasteiger partial charge in [-0.05, 0) is 42.3 Å². The van der Waals surface area contributed by atoms with E-state index in [1.807, 2.05) is 31.2 Å². The van der Waals surface area contributed by atoms with Crippen molar-refractivity contribution in [1.29, 1.82) is 0 Å². The number of nitrogens with two attached hydrogens (primary N) is 1. The summed E-state index contributed by atoms with van der Waals surface area (Å²) in [5.74, 6) is 0.327. The molecule has 0 spiro atoms. The van der Waals surface area contributed by atoms with E-state index in [0.29, 0.717) is 16.3 Å². The average Bonchev–Trinajstić information content (AvgIpc) is 2.38. The van der Waals surface area contributed by atoms with Crippen LogP contribution in [0.5, 0.6) is 0 Å². The first-order valence-corrected chi connectivity index (χ1v) is 7.35. The lowest BCUT2D eigenvalue weighted by Crippen LogP contribution is -2.04. The summed E-state index contributed by atoms with van der Waals surface area (Å²) < 4.78 is 13.6. The Morgan fingerprint density at radius 2 is 1.89 bits per heavy atom. The third-order valence-corrected chi connectivity index (χ3v) is 4.11. The van der Waals surface area contributed by atoms with Crippen LogP contribution in [0.2, 0.25) is 5.02 Å². The van der Waals surface area contributed by atoms with E-state index in [9.17, 15) is 4.39 Å². The summed E-state index contributed by atoms with van der Waals surface area (Å²) in [6, 6.07) is 12.8. The van der Waals surface area contributed by atoms with Crippen LogP contribution in [0.4, 0.5) is 4.39 Å². The Bertz CT molecular complexity index is 555. The second-order valence-electron chi connectivity index (χ2n) is 4.38. The van der Waals surface area contributed by atoms with Gasteiger partial charge < -0.3 is 5.73 Å². The standard InChI is InChI=1S/C15H15ClFNS/c1-10(18)11-3-6-14(7-4-11)19-9-12-2-5-13(16)8-15(12)17/h2-8,10H,9,18H2,1H3. The Labute approximate surface area is 122 Å². The molecule has 2 rings (SSSR count). The van der Waals surface area contributed by atoms with Crippen molar-refractivity contribution in [3.05, 3.63) is 64.4 Å². The van der Waals surface area contributed by atoms with Crippen molar-refractivity contribution in [2.24, 2.45) is 5.73 Å². The van der Waals surface area contributed by atoms with Gasteiger partial charge in [-0.3, -0.25) is 0 Å². The van der Waals surface area contributed by atoms with Crippen LogP contribution >= 0.6 is 23.4 Å². The van der Waals surface area contributed by atoms with Crippen LogP contribution in [0.1, 0.15) is 24.1 Å². The summed E-state index contributed by atoms with van der Waals surface area (Å²) in [4.78, 5) is 1.10. The van der Waals surface area contributed by atoms with Crippen LogP contribution in [-0.4, -0.2) is 0 Å². The van der Waals surface area contributed by atoms with Crippen LogP contribution in [-0.2, 0) is 5.75 Å². The smallest absolute Gasteiger partial charge is 0.128 e. The number of hydrogen-bond donors (Lipinski definition) is 1. The first kappa shape index (κ1) is 14.4. The van der Waals surface area contributed by atoms with Crippen LogP contribution in [0.3, 0.4) is 0 Å². The van der Waals surface area contributed by atoms with Gasteiger partial charge in [-0.1, -0.05) is 29.8 Å². The molecule has 0 aliphatic rings. The average molecular weight is 296 g/mol. The highest BCUT2D eigenvalue weighted by atomic mass is 35.5. The topological polar surface area (TPSA) is 26.0 Å². The zero-order valence-electron chi connectivity index (χ0n) is 10.6. The van der Waals surface area contributed by atoms with E-state index in [2.05, 4.69) is 0 Å². The van der Waals surface area contributed by atoms with E-state index in [1.165, 1.54) is 6.07 Å². The van der Waals surface area contributed by atoms with Crippen molar-refractivity contribution in [1.82, 2.24) is 0 Å². The van der Waals surface area contributed by atoms with Gasteiger partial charge in [0.15, 0.2) is 0 Å². The van der Waals surface area contributed by atoms with Crippen molar-refractivity contribution in [3.63, 3.8) is 0 Å². The molecule has 100 valence electrons. The van der Waals surface area contributed by atoms with Crippen LogP contribution in [0, 0.1) is 5.82 Å². The maximum Gasteiger partial charge on any atom is 0.128 e. The van der Waals surface area contributed by atoms with Gasteiger partial charge >= 0.3 is 0 Å². The number of thioether (sulfide) groups is 1. The third kappa shape index (κ3) is 3.96. The second-order valence-corrected chi connectivity index (χ2v) is 5.87. The van der Waals surface area contributed by atoms with E-state index in [4.69, 9.17) is 17.3 Å². The maximum absolute atomic E-state index is 13.6. The number of hydrogen-bond acceptors (Lipinski definition) is 2. The molecule has 0 saturated carbocycles. The highest BCUT2D eigenvalue weighted by Crippen LogP contribution is 2.26. The van der Waals surface area contributed by atoms with Gasteiger partial charge in [-0.25, -0.2) is 4.39 Å². The van der Waals surface area contributed by atoms with Crippen molar-refractivity contribution in [2.45, 2.75) is 23.6 Å². The molecule has 0 aliphatic carbocycles. The minimum absolute atomic E-state index is 0.0350. The van der Waals surface area contributed by atoms with Crippen molar-refractivity contribution >= 4 is 23.4 Å². The molecule has 1 atom stereocenters. The predicted molar refractivity (Wildman–Crippen MR) is 80.0 cm³/mol. The molecule has 0 aliphatic heterocycles. The Morgan fingerprint density at radius 1 is 1.21 bits per heavy atom. The van der Waals surface area contributed by atoms with Gasteiger partial charge in [0.1, 0.15) is 5.82 Å². The molecule has 1 nitrogen and oxygen atoms in total. The number of halogens is 2. The fraction of sp³-hybridized carbons (Fsp3) is 0.200. The Hall–Kier alpha value is -1.03. The minimum atomic E-state index is -0.257. The molecule has 0 bridgehead atoms. The molecular weight excluding hydrogens is 281 g/mol. The normalized spacial score (nSPS) is 12.4. The molecule has 0 heterocycles. The third-order valence-electron chi connectivity index (χ3n) is 2.82. The summed E-state index contributed by atoms with van der Waals surface area (Å²) in [5.41, 5.74) is 7.55. The fourth-order valence-corrected chi connectivity index (χ4v) is 2.71. The molecule has 2 N–H and O–H groups in total. The lowest BCUT2D eigenvalue weighted by atomic mass is 10.1. The quantitative estimate of drug-likeness (QED) is 0.821. The summed E-state index contributed by atoms with van der Waals surface area (Å²) in [6.45, 7) is 1.95. The van der Waals surface area contributed by atoms with Gasteiger partial charge in [0.05, 0.1) is 0 Å². The fourth-order valence-electron chi connectivity index (χ4n) is 1.67. The van der Waals surface area contributed by atoms with Gasteiger partial charge in [0.2, 0.25) is 0 Å². The van der Waals surface area contributed by atoms with Crippen molar-refractivity contribution < 1.29 is 4.39 Å². The summed E-state index contributed by atoms with van der Waals surface area (Å²) >= 11 is 7.31. The number of rotatable bonds is 4. The Balaban J connectivity index is 2.02. The van der Waals surface area contributed by atoms with Crippen LogP contribution in [0.25, 0.3) is 0 Å². The maximum atomic E-state index is 13.6. The molecule has 0 radical (unpaired) electrons. The predicted octanol–water partition coefficient (Wildman–Crippen LogP) is 4.79. The Morgan fingerprint density at radius 3 is 2.47 bits per heavy atom. The SMILES string of the molecule is CC(N)c1ccc(SCc2ccc(Cl)cc2F)cc1. The second kappa shape index (κ2) is 6.42. The molecule has 0 saturated heterocycles. The van der Waals surface area contributed by atoms with Gasteiger partial charge in [0.25, 0.3) is 0 Å². The Kier molecular flexibility index (Phi) is 4.86. The lowest BCUT2D eigenvalue weighted by Gasteiger charge is -2.07. The largest absolute Gasteiger partial charge is 0.324 e. The van der Waals surface area contributed by atoms with E-state index in [-0.39, 0.29) is 11.9 Å². The van der Waals surface area contributed by atoms with E-state index >= 15 is 0 Å². The van der Waals surface area contributed by atoms with Crippen molar-refractivity contribution in [2.75, 3.05) is 0 Å². The molecule has 4 heteroatoms. The van der Waals surface area contributed by atoms with E-state index in [1.54, 1.807) is 23.9 Å². The molecule has 19 heavy (non-hydrogen) atoms. The molecule has 1 unspecified atom stereocenters. The minimum Gasteiger partial charge on any atom is -0.324 e. The molecule has 0 amide bonds. The summed E-state index contributed by atoms with van der Waals surface area (Å²) in [5, 5.41) is 0.424. The molecular formula is C15H15ClFNS. The van der Waals surface area contributed by atoms with Crippen LogP contribution in [0.15, 0.2) is 47.4 Å². The van der Waals surface area contributed by atoms with Crippen molar-refractivity contribution in [3.8, 4) is 0 Å². The first-order valence-electron chi connectivity index (χ1n) is 5.98. The molecule has 0 fully saturated rings. The van der Waals surface area contributed by atoms with E-state index in [0.717, 1.165) is 10.5 Å². The van der Waals surface area contributed by atoms with E-state index < -0.39 is 0 Å². The monoisotopic (exact) mass is 295 g/mol. The zero-order valence-corrected chi connectivity index (χ0v) is 12.1. The number of benzene rings is 2. The highest BCUT2D eigenvalue weighted by molar-refractivity contribution is 7.98. The lowest BCUT2D eigenvalue weighted by molar-refractivity contribution is 0.617. The highest BCUT2D eigenvalue weighted by Gasteiger charge is 2.04.